The summed E-state index contributed by atoms with van der Waals surface area (Å²) in [7, 11) is -3.53. The number of hydrogen-bond donors (Lipinski definition) is 0. The Hall–Kier alpha value is -1.93. The van der Waals surface area contributed by atoms with E-state index < -0.39 is 10.0 Å². The second kappa shape index (κ2) is 9.91. The van der Waals surface area contributed by atoms with Crippen LogP contribution >= 0.6 is 0 Å². The molecule has 3 aliphatic heterocycles. The van der Waals surface area contributed by atoms with Crippen molar-refractivity contribution in [2.75, 3.05) is 31.1 Å². The molecule has 2 amide bonds. The maximum atomic E-state index is 13.2. The molecule has 7 nitrogen and oxygen atoms in total. The summed E-state index contributed by atoms with van der Waals surface area (Å²) in [5, 5.41) is 0. The van der Waals surface area contributed by atoms with Gasteiger partial charge < -0.3 is 9.80 Å². The van der Waals surface area contributed by atoms with Crippen molar-refractivity contribution in [3.63, 3.8) is 0 Å². The lowest BCUT2D eigenvalue weighted by Gasteiger charge is -2.32. The largest absolute Gasteiger partial charge is 0.343 e. The summed E-state index contributed by atoms with van der Waals surface area (Å²) in [6.45, 7) is 4.67. The number of benzene rings is 1. The van der Waals surface area contributed by atoms with Crippen LogP contribution < -0.4 is 4.90 Å². The fourth-order valence-electron chi connectivity index (χ4n) is 5.19. The minimum atomic E-state index is -3.53. The van der Waals surface area contributed by atoms with Gasteiger partial charge in [-0.2, -0.15) is 4.31 Å². The van der Waals surface area contributed by atoms with Gasteiger partial charge >= 0.3 is 0 Å². The van der Waals surface area contributed by atoms with Crippen LogP contribution in [0.25, 0.3) is 0 Å². The van der Waals surface area contributed by atoms with Gasteiger partial charge in [-0.25, -0.2) is 8.42 Å². The number of carbonyl (C=O) groups excluding carboxylic acids is 2. The molecule has 0 aliphatic carbocycles. The fraction of sp³-hybridized carbons (Fsp3) is 0.667. The molecule has 176 valence electrons. The first-order valence-electron chi connectivity index (χ1n) is 12.1. The Morgan fingerprint density at radius 3 is 2.31 bits per heavy atom. The third-order valence-electron chi connectivity index (χ3n) is 7.11. The average molecular weight is 462 g/mol. The number of amides is 2. The number of hydrogen-bond acceptors (Lipinski definition) is 4. The number of sulfonamides is 1. The summed E-state index contributed by atoms with van der Waals surface area (Å²) < 4.78 is 28.0. The van der Waals surface area contributed by atoms with E-state index in [1.54, 1.807) is 27.4 Å². The number of likely N-dealkylation sites (tertiary alicyclic amines) is 1. The van der Waals surface area contributed by atoms with Crippen LogP contribution in [-0.4, -0.2) is 61.7 Å². The number of piperidine rings is 1. The van der Waals surface area contributed by atoms with E-state index in [2.05, 4.69) is 0 Å². The summed E-state index contributed by atoms with van der Waals surface area (Å²) in [5.41, 5.74) is 1.67. The zero-order chi connectivity index (χ0) is 22.7. The van der Waals surface area contributed by atoms with Gasteiger partial charge in [-0.1, -0.05) is 19.3 Å². The van der Waals surface area contributed by atoms with Crippen LogP contribution in [0.15, 0.2) is 23.1 Å². The Bertz CT molecular complexity index is 954. The highest BCUT2D eigenvalue weighted by Gasteiger charge is 2.33. The van der Waals surface area contributed by atoms with E-state index in [0.29, 0.717) is 24.4 Å². The second-order valence-corrected chi connectivity index (χ2v) is 11.2. The van der Waals surface area contributed by atoms with Crippen LogP contribution in [0.4, 0.5) is 5.69 Å². The molecule has 1 aromatic rings. The predicted octanol–water partition coefficient (Wildman–Crippen LogP) is 3.32. The zero-order valence-electron chi connectivity index (χ0n) is 19.1. The Balaban J connectivity index is 1.41. The standard InChI is InChI=1S/C24H35N3O4S/c1-19-8-4-7-16-27(19)32(30,31)21-9-10-22-20(18-21)13-17-26(22)24(29)12-11-23(28)25-14-5-2-3-6-15-25/h9-10,18-19H,2-8,11-17H2,1H3/t19-/m0/s1. The fourth-order valence-corrected chi connectivity index (χ4v) is 6.94. The highest BCUT2D eigenvalue weighted by Crippen LogP contribution is 2.33. The van der Waals surface area contributed by atoms with E-state index in [4.69, 9.17) is 0 Å². The average Bonchev–Trinajstić information content (AvgIpc) is 3.02. The van der Waals surface area contributed by atoms with Crippen LogP contribution in [0.2, 0.25) is 0 Å². The molecule has 3 aliphatic rings. The van der Waals surface area contributed by atoms with Crippen molar-refractivity contribution in [2.24, 2.45) is 0 Å². The lowest BCUT2D eigenvalue weighted by molar-refractivity contribution is -0.133. The van der Waals surface area contributed by atoms with Crippen LogP contribution in [-0.2, 0) is 26.0 Å². The second-order valence-electron chi connectivity index (χ2n) is 9.34. The summed E-state index contributed by atoms with van der Waals surface area (Å²) >= 11 is 0. The minimum Gasteiger partial charge on any atom is -0.343 e. The summed E-state index contributed by atoms with van der Waals surface area (Å²) in [6.07, 6.45) is 8.35. The zero-order valence-corrected chi connectivity index (χ0v) is 19.9. The predicted molar refractivity (Wildman–Crippen MR) is 124 cm³/mol. The minimum absolute atomic E-state index is 0.0156. The van der Waals surface area contributed by atoms with Gasteiger partial charge in [-0.3, -0.25) is 9.59 Å². The first kappa shape index (κ1) is 23.2. The molecule has 2 fully saturated rings. The lowest BCUT2D eigenvalue weighted by Crippen LogP contribution is -2.41. The molecule has 1 aromatic carbocycles. The van der Waals surface area contributed by atoms with Crippen molar-refractivity contribution in [2.45, 2.75) is 82.1 Å². The summed E-state index contributed by atoms with van der Waals surface area (Å²) in [4.78, 5) is 29.3. The van der Waals surface area contributed by atoms with Crippen molar-refractivity contribution >= 4 is 27.5 Å². The third kappa shape index (κ3) is 4.86. The van der Waals surface area contributed by atoms with E-state index >= 15 is 0 Å². The van der Waals surface area contributed by atoms with E-state index in [0.717, 1.165) is 56.4 Å². The van der Waals surface area contributed by atoms with Crippen molar-refractivity contribution < 1.29 is 18.0 Å². The molecule has 4 rings (SSSR count). The van der Waals surface area contributed by atoms with Crippen molar-refractivity contribution in [1.29, 1.82) is 0 Å². The first-order chi connectivity index (χ1) is 15.4. The Labute approximate surface area is 191 Å². The molecule has 0 unspecified atom stereocenters. The molecule has 0 N–H and O–H groups in total. The molecule has 8 heteroatoms. The van der Waals surface area contributed by atoms with Crippen LogP contribution in [0.1, 0.15) is 70.3 Å². The topological polar surface area (TPSA) is 78.0 Å². The molecule has 0 aromatic heterocycles. The Kier molecular flexibility index (Phi) is 7.20. The van der Waals surface area contributed by atoms with E-state index in [1.807, 2.05) is 11.8 Å². The van der Waals surface area contributed by atoms with Crippen LogP contribution in [0, 0.1) is 0 Å². The summed E-state index contributed by atoms with van der Waals surface area (Å²) in [5.74, 6) is 0.00365. The van der Waals surface area contributed by atoms with Crippen LogP contribution in [0.5, 0.6) is 0 Å². The van der Waals surface area contributed by atoms with Crippen LogP contribution in [0.3, 0.4) is 0 Å². The molecular formula is C24H35N3O4S. The molecule has 0 radical (unpaired) electrons. The van der Waals surface area contributed by atoms with Crippen molar-refractivity contribution in [3.8, 4) is 0 Å². The van der Waals surface area contributed by atoms with Gasteiger partial charge in [0.25, 0.3) is 0 Å². The normalized spacial score (nSPS) is 22.5. The maximum Gasteiger partial charge on any atom is 0.243 e. The smallest absolute Gasteiger partial charge is 0.243 e. The van der Waals surface area contributed by atoms with E-state index in [9.17, 15) is 18.0 Å². The van der Waals surface area contributed by atoms with Crippen molar-refractivity contribution in [3.05, 3.63) is 23.8 Å². The highest BCUT2D eigenvalue weighted by atomic mass is 32.2. The summed E-state index contributed by atoms with van der Waals surface area (Å²) in [6, 6.07) is 5.14. The van der Waals surface area contributed by atoms with Gasteiger partial charge in [0, 0.05) is 50.7 Å². The SMILES string of the molecule is C[C@H]1CCCCN1S(=O)(=O)c1ccc2c(c1)CCN2C(=O)CCC(=O)N1CCCCCC1. The molecule has 0 spiro atoms. The molecule has 0 bridgehead atoms. The van der Waals surface area contributed by atoms with Gasteiger partial charge in [0.2, 0.25) is 21.8 Å². The number of rotatable bonds is 5. The number of anilines is 1. The van der Waals surface area contributed by atoms with Gasteiger partial charge in [0.15, 0.2) is 0 Å². The third-order valence-corrected chi connectivity index (χ3v) is 9.12. The quantitative estimate of drug-likeness (QED) is 0.674. The molecule has 32 heavy (non-hydrogen) atoms. The van der Waals surface area contributed by atoms with Crippen molar-refractivity contribution in [1.82, 2.24) is 9.21 Å². The number of fused-ring (bicyclic) bond motifs is 1. The number of nitrogens with zero attached hydrogens (tertiary/aromatic N) is 3. The van der Waals surface area contributed by atoms with E-state index in [1.165, 1.54) is 12.8 Å². The van der Waals surface area contributed by atoms with E-state index in [-0.39, 0.29) is 30.7 Å². The van der Waals surface area contributed by atoms with Gasteiger partial charge in [-0.05, 0) is 62.8 Å². The maximum absolute atomic E-state index is 13.2. The molecule has 0 saturated carbocycles. The van der Waals surface area contributed by atoms with Gasteiger partial charge in [0.1, 0.15) is 0 Å². The number of carbonyl (C=O) groups is 2. The molecule has 2 saturated heterocycles. The van der Waals surface area contributed by atoms with Gasteiger partial charge in [0.05, 0.1) is 4.90 Å². The lowest BCUT2D eigenvalue weighted by atomic mass is 10.1. The highest BCUT2D eigenvalue weighted by molar-refractivity contribution is 7.89. The molecule has 1 atom stereocenters. The molecule has 3 heterocycles. The Morgan fingerprint density at radius 1 is 0.906 bits per heavy atom. The Morgan fingerprint density at radius 2 is 1.59 bits per heavy atom. The monoisotopic (exact) mass is 461 g/mol. The molecular weight excluding hydrogens is 426 g/mol. The van der Waals surface area contributed by atoms with Gasteiger partial charge in [-0.15, -0.1) is 0 Å². The first-order valence-corrected chi connectivity index (χ1v) is 13.5.